The standard InChI is InChI=1S/C12H22O/c1-5-12(13)9-11(4)8-6-7-10(2)3/h5,7,11-13H,1,6,8-9H2,2-4H3/t11-,12?/m1/s1. The van der Waals surface area contributed by atoms with E-state index in [-0.39, 0.29) is 6.10 Å². The molecule has 0 fully saturated rings. The number of aliphatic hydroxyl groups is 1. The Hall–Kier alpha value is -0.560. The van der Waals surface area contributed by atoms with Gasteiger partial charge in [-0.2, -0.15) is 0 Å². The SMILES string of the molecule is C=CC(O)C[C@H](C)CCC=C(C)C. The summed E-state index contributed by atoms with van der Waals surface area (Å²) in [6.07, 6.45) is 6.62. The summed E-state index contributed by atoms with van der Waals surface area (Å²) < 4.78 is 0. The van der Waals surface area contributed by atoms with Gasteiger partial charge in [-0.3, -0.25) is 0 Å². The number of allylic oxidation sites excluding steroid dienone is 2. The van der Waals surface area contributed by atoms with Crippen LogP contribution in [-0.2, 0) is 0 Å². The molecule has 0 aromatic carbocycles. The lowest BCUT2D eigenvalue weighted by Crippen LogP contribution is -2.07. The van der Waals surface area contributed by atoms with E-state index >= 15 is 0 Å². The molecule has 0 rings (SSSR count). The minimum atomic E-state index is -0.332. The first-order chi connectivity index (χ1) is 6.06. The molecular weight excluding hydrogens is 160 g/mol. The van der Waals surface area contributed by atoms with Gasteiger partial charge in [-0.05, 0) is 39.0 Å². The van der Waals surface area contributed by atoms with Crippen molar-refractivity contribution in [2.75, 3.05) is 0 Å². The molecule has 0 saturated carbocycles. The molecular formula is C12H22O. The van der Waals surface area contributed by atoms with E-state index in [9.17, 15) is 5.11 Å². The molecule has 0 aromatic heterocycles. The molecule has 76 valence electrons. The Balaban J connectivity index is 3.57. The van der Waals surface area contributed by atoms with Crippen molar-refractivity contribution >= 4 is 0 Å². The van der Waals surface area contributed by atoms with E-state index in [1.807, 2.05) is 0 Å². The van der Waals surface area contributed by atoms with Gasteiger partial charge in [0.05, 0.1) is 6.10 Å². The zero-order chi connectivity index (χ0) is 10.3. The highest BCUT2D eigenvalue weighted by atomic mass is 16.3. The van der Waals surface area contributed by atoms with Crippen molar-refractivity contribution in [2.45, 2.75) is 46.1 Å². The summed E-state index contributed by atoms with van der Waals surface area (Å²) in [5, 5.41) is 9.30. The molecule has 0 bridgehead atoms. The Bertz CT molecular complexity index is 166. The first-order valence-corrected chi connectivity index (χ1v) is 5.00. The largest absolute Gasteiger partial charge is 0.389 e. The monoisotopic (exact) mass is 182 g/mol. The minimum absolute atomic E-state index is 0.332. The molecule has 0 aliphatic carbocycles. The fourth-order valence-electron chi connectivity index (χ4n) is 1.28. The predicted octanol–water partition coefficient (Wildman–Crippen LogP) is 3.31. The van der Waals surface area contributed by atoms with Crippen molar-refractivity contribution < 1.29 is 5.11 Å². The number of rotatable bonds is 6. The molecule has 0 radical (unpaired) electrons. The van der Waals surface area contributed by atoms with E-state index in [1.54, 1.807) is 6.08 Å². The van der Waals surface area contributed by atoms with Crippen LogP contribution in [-0.4, -0.2) is 11.2 Å². The van der Waals surface area contributed by atoms with Gasteiger partial charge in [-0.15, -0.1) is 6.58 Å². The van der Waals surface area contributed by atoms with Gasteiger partial charge in [-0.25, -0.2) is 0 Å². The van der Waals surface area contributed by atoms with Gasteiger partial charge in [0.15, 0.2) is 0 Å². The molecule has 0 saturated heterocycles. The van der Waals surface area contributed by atoms with E-state index in [0.717, 1.165) is 19.3 Å². The highest BCUT2D eigenvalue weighted by Crippen LogP contribution is 2.14. The van der Waals surface area contributed by atoms with Crippen molar-refractivity contribution in [1.82, 2.24) is 0 Å². The molecule has 13 heavy (non-hydrogen) atoms. The maximum absolute atomic E-state index is 9.30. The lowest BCUT2D eigenvalue weighted by molar-refractivity contribution is 0.188. The van der Waals surface area contributed by atoms with Crippen LogP contribution in [0.15, 0.2) is 24.3 Å². The van der Waals surface area contributed by atoms with Gasteiger partial charge in [0.25, 0.3) is 0 Å². The summed E-state index contributed by atoms with van der Waals surface area (Å²) in [6.45, 7) is 9.96. The summed E-state index contributed by atoms with van der Waals surface area (Å²) in [4.78, 5) is 0. The van der Waals surface area contributed by atoms with E-state index in [4.69, 9.17) is 0 Å². The van der Waals surface area contributed by atoms with Crippen LogP contribution in [0.1, 0.15) is 40.0 Å². The van der Waals surface area contributed by atoms with Gasteiger partial charge in [0, 0.05) is 0 Å². The summed E-state index contributed by atoms with van der Waals surface area (Å²) in [6, 6.07) is 0. The first kappa shape index (κ1) is 12.4. The fraction of sp³-hybridized carbons (Fsp3) is 0.667. The molecule has 0 aliphatic rings. The lowest BCUT2D eigenvalue weighted by Gasteiger charge is -2.12. The van der Waals surface area contributed by atoms with E-state index in [2.05, 4.69) is 33.4 Å². The van der Waals surface area contributed by atoms with Gasteiger partial charge in [0.2, 0.25) is 0 Å². The Kier molecular flexibility index (Phi) is 6.61. The Morgan fingerprint density at radius 1 is 1.46 bits per heavy atom. The zero-order valence-corrected chi connectivity index (χ0v) is 9.09. The summed E-state index contributed by atoms with van der Waals surface area (Å²) in [5.41, 5.74) is 1.37. The van der Waals surface area contributed by atoms with Gasteiger partial charge >= 0.3 is 0 Å². The van der Waals surface area contributed by atoms with Crippen molar-refractivity contribution in [3.8, 4) is 0 Å². The molecule has 1 N–H and O–H groups in total. The maximum atomic E-state index is 9.30. The first-order valence-electron chi connectivity index (χ1n) is 5.00. The Morgan fingerprint density at radius 3 is 2.54 bits per heavy atom. The summed E-state index contributed by atoms with van der Waals surface area (Å²) in [7, 11) is 0. The molecule has 0 amide bonds. The zero-order valence-electron chi connectivity index (χ0n) is 9.09. The normalized spacial score (nSPS) is 14.8. The second-order valence-corrected chi connectivity index (χ2v) is 4.00. The molecule has 0 heterocycles. The topological polar surface area (TPSA) is 20.2 Å². The second-order valence-electron chi connectivity index (χ2n) is 4.00. The smallest absolute Gasteiger partial charge is 0.0720 e. The minimum Gasteiger partial charge on any atom is -0.389 e. The number of hydrogen-bond acceptors (Lipinski definition) is 1. The van der Waals surface area contributed by atoms with Gasteiger partial charge < -0.3 is 5.11 Å². The Labute approximate surface area is 82.2 Å². The van der Waals surface area contributed by atoms with Crippen LogP contribution in [0.5, 0.6) is 0 Å². The Morgan fingerprint density at radius 2 is 2.08 bits per heavy atom. The van der Waals surface area contributed by atoms with Crippen LogP contribution in [0, 0.1) is 5.92 Å². The van der Waals surface area contributed by atoms with Crippen LogP contribution >= 0.6 is 0 Å². The number of aliphatic hydroxyl groups excluding tert-OH is 1. The highest BCUT2D eigenvalue weighted by molar-refractivity contribution is 4.93. The van der Waals surface area contributed by atoms with Crippen molar-refractivity contribution in [3.63, 3.8) is 0 Å². The molecule has 1 nitrogen and oxygen atoms in total. The van der Waals surface area contributed by atoms with Crippen LogP contribution < -0.4 is 0 Å². The molecule has 2 atom stereocenters. The summed E-state index contributed by atoms with van der Waals surface area (Å²) >= 11 is 0. The molecule has 1 heteroatoms. The van der Waals surface area contributed by atoms with E-state index in [1.165, 1.54) is 5.57 Å². The third-order valence-electron chi connectivity index (χ3n) is 2.13. The lowest BCUT2D eigenvalue weighted by atomic mass is 9.98. The van der Waals surface area contributed by atoms with Crippen LogP contribution in [0.25, 0.3) is 0 Å². The quantitative estimate of drug-likeness (QED) is 0.625. The number of hydrogen-bond donors (Lipinski definition) is 1. The molecule has 0 aromatic rings. The van der Waals surface area contributed by atoms with Gasteiger partial charge in [0.1, 0.15) is 0 Å². The second kappa shape index (κ2) is 6.90. The molecule has 0 spiro atoms. The van der Waals surface area contributed by atoms with Crippen molar-refractivity contribution in [3.05, 3.63) is 24.3 Å². The van der Waals surface area contributed by atoms with Crippen molar-refractivity contribution in [1.29, 1.82) is 0 Å². The van der Waals surface area contributed by atoms with Crippen molar-refractivity contribution in [2.24, 2.45) is 5.92 Å². The van der Waals surface area contributed by atoms with Gasteiger partial charge in [-0.1, -0.05) is 24.6 Å². The van der Waals surface area contributed by atoms with Crippen LogP contribution in [0.4, 0.5) is 0 Å². The maximum Gasteiger partial charge on any atom is 0.0720 e. The van der Waals surface area contributed by atoms with E-state index in [0.29, 0.717) is 5.92 Å². The average molecular weight is 182 g/mol. The fourth-order valence-corrected chi connectivity index (χ4v) is 1.28. The van der Waals surface area contributed by atoms with Crippen LogP contribution in [0.3, 0.4) is 0 Å². The third kappa shape index (κ3) is 7.79. The molecule has 0 aliphatic heterocycles. The third-order valence-corrected chi connectivity index (χ3v) is 2.13. The predicted molar refractivity (Wildman–Crippen MR) is 58.6 cm³/mol. The van der Waals surface area contributed by atoms with Crippen LogP contribution in [0.2, 0.25) is 0 Å². The highest BCUT2D eigenvalue weighted by Gasteiger charge is 2.05. The molecule has 1 unspecified atom stereocenters. The summed E-state index contributed by atoms with van der Waals surface area (Å²) in [5.74, 6) is 0.573. The average Bonchev–Trinajstić information content (AvgIpc) is 2.03. The van der Waals surface area contributed by atoms with E-state index < -0.39 is 0 Å².